The van der Waals surface area contributed by atoms with Gasteiger partial charge < -0.3 is 15.5 Å². The van der Waals surface area contributed by atoms with Gasteiger partial charge in [0.15, 0.2) is 0 Å². The molecule has 3 N–H and O–H groups in total. The van der Waals surface area contributed by atoms with Crippen LogP contribution in [0.2, 0.25) is 5.02 Å². The van der Waals surface area contributed by atoms with E-state index in [1.54, 1.807) is 12.1 Å². The normalized spacial score (nSPS) is 11.9. The van der Waals surface area contributed by atoms with Crippen molar-refractivity contribution in [2.75, 3.05) is 6.61 Å². The highest BCUT2D eigenvalue weighted by molar-refractivity contribution is 9.10. The molecule has 98 valence electrons. The third-order valence-electron chi connectivity index (χ3n) is 2.19. The minimum atomic E-state index is -1.20. The van der Waals surface area contributed by atoms with Gasteiger partial charge in [0.2, 0.25) is 0 Å². The van der Waals surface area contributed by atoms with Gasteiger partial charge in [0.25, 0.3) is 5.91 Å². The third-order valence-corrected chi connectivity index (χ3v) is 3.12. The highest BCUT2D eigenvalue weighted by Crippen LogP contribution is 2.21. The lowest BCUT2D eigenvalue weighted by Crippen LogP contribution is -2.41. The second kappa shape index (κ2) is 6.72. The van der Waals surface area contributed by atoms with E-state index in [0.29, 0.717) is 9.50 Å². The molecule has 18 heavy (non-hydrogen) atoms. The fourth-order valence-electron chi connectivity index (χ4n) is 1.29. The maximum Gasteiger partial charge on any atom is 0.326 e. The number of hydrogen-bond donors (Lipinski definition) is 3. The zero-order chi connectivity index (χ0) is 13.7. The van der Waals surface area contributed by atoms with E-state index in [0.717, 1.165) is 0 Å². The summed E-state index contributed by atoms with van der Waals surface area (Å²) in [5.74, 6) is -1.76. The molecule has 0 bridgehead atoms. The molecule has 1 aromatic carbocycles. The van der Waals surface area contributed by atoms with Crippen molar-refractivity contribution in [1.82, 2.24) is 5.32 Å². The van der Waals surface area contributed by atoms with Crippen molar-refractivity contribution in [1.29, 1.82) is 0 Å². The number of rotatable bonds is 5. The number of aliphatic hydroxyl groups is 1. The van der Waals surface area contributed by atoms with Crippen molar-refractivity contribution in [3.05, 3.63) is 33.3 Å². The van der Waals surface area contributed by atoms with E-state index in [1.165, 1.54) is 6.07 Å². The van der Waals surface area contributed by atoms with Crippen molar-refractivity contribution in [3.8, 4) is 0 Å². The Morgan fingerprint density at radius 2 is 2.11 bits per heavy atom. The zero-order valence-electron chi connectivity index (χ0n) is 9.19. The molecule has 0 saturated heterocycles. The molecule has 1 aromatic rings. The van der Waals surface area contributed by atoms with E-state index in [1.807, 2.05) is 0 Å². The van der Waals surface area contributed by atoms with Gasteiger partial charge in [0.05, 0.1) is 5.56 Å². The molecule has 0 spiro atoms. The number of carbonyl (C=O) groups excluding carboxylic acids is 1. The lowest BCUT2D eigenvalue weighted by molar-refractivity contribution is -0.139. The monoisotopic (exact) mass is 335 g/mol. The molecule has 0 unspecified atom stereocenters. The van der Waals surface area contributed by atoms with Crippen molar-refractivity contribution in [3.63, 3.8) is 0 Å². The van der Waals surface area contributed by atoms with Gasteiger partial charge in [-0.05, 0) is 34.1 Å². The van der Waals surface area contributed by atoms with Gasteiger partial charge in [-0.2, -0.15) is 0 Å². The molecule has 1 atom stereocenters. The van der Waals surface area contributed by atoms with Crippen molar-refractivity contribution < 1.29 is 19.8 Å². The summed E-state index contributed by atoms with van der Waals surface area (Å²) in [6, 6.07) is 3.50. The summed E-state index contributed by atoms with van der Waals surface area (Å²) in [7, 11) is 0. The summed E-state index contributed by atoms with van der Waals surface area (Å²) in [5.41, 5.74) is 0.242. The number of benzene rings is 1. The number of hydrogen-bond acceptors (Lipinski definition) is 3. The molecule has 0 aromatic heterocycles. The van der Waals surface area contributed by atoms with E-state index in [2.05, 4.69) is 21.2 Å². The standard InChI is InChI=1S/C11H11BrClNO4/c12-8-2-1-6(13)5-7(8)10(16)14-9(3-4-15)11(17)18/h1-2,5,9,15H,3-4H2,(H,14,16)(H,17,18)/t9-/m1/s1. The molecule has 0 saturated carbocycles. The summed E-state index contributed by atoms with van der Waals surface area (Å²) in [5, 5.41) is 20.3. The van der Waals surface area contributed by atoms with Crippen LogP contribution in [0.25, 0.3) is 0 Å². The van der Waals surface area contributed by atoms with E-state index >= 15 is 0 Å². The van der Waals surface area contributed by atoms with E-state index in [9.17, 15) is 9.59 Å². The second-order valence-electron chi connectivity index (χ2n) is 3.50. The largest absolute Gasteiger partial charge is 0.480 e. The summed E-state index contributed by atoms with van der Waals surface area (Å²) in [4.78, 5) is 22.7. The molecule has 7 heteroatoms. The fraction of sp³-hybridized carbons (Fsp3) is 0.273. The number of aliphatic carboxylic acids is 1. The van der Waals surface area contributed by atoms with E-state index in [4.69, 9.17) is 21.8 Å². The lowest BCUT2D eigenvalue weighted by Gasteiger charge is -2.14. The Morgan fingerprint density at radius 1 is 1.44 bits per heavy atom. The molecule has 0 aliphatic rings. The molecule has 0 aliphatic carbocycles. The quantitative estimate of drug-likeness (QED) is 0.763. The highest BCUT2D eigenvalue weighted by atomic mass is 79.9. The van der Waals surface area contributed by atoms with Crippen LogP contribution in [0.15, 0.2) is 22.7 Å². The molecule has 1 rings (SSSR count). The fourth-order valence-corrected chi connectivity index (χ4v) is 1.89. The maximum absolute atomic E-state index is 11.9. The van der Waals surface area contributed by atoms with E-state index in [-0.39, 0.29) is 18.6 Å². The molecule has 0 aliphatic heterocycles. The predicted octanol–water partition coefficient (Wildman–Crippen LogP) is 1.67. The van der Waals surface area contributed by atoms with Crippen LogP contribution >= 0.6 is 27.5 Å². The number of carboxylic acid groups (broad SMARTS) is 1. The maximum atomic E-state index is 11.9. The number of halogens is 2. The summed E-state index contributed by atoms with van der Waals surface area (Å²) in [6.45, 7) is -0.325. The van der Waals surface area contributed by atoms with Gasteiger partial charge in [0.1, 0.15) is 6.04 Å². The Morgan fingerprint density at radius 3 is 2.67 bits per heavy atom. The van der Waals surface area contributed by atoms with Crippen molar-refractivity contribution >= 4 is 39.4 Å². The molecule has 0 radical (unpaired) electrons. The summed E-state index contributed by atoms with van der Waals surface area (Å²) >= 11 is 8.94. The third kappa shape index (κ3) is 3.97. The Kier molecular flexibility index (Phi) is 5.58. The number of nitrogens with one attached hydrogen (secondary N) is 1. The van der Waals surface area contributed by atoms with Crippen molar-refractivity contribution in [2.45, 2.75) is 12.5 Å². The smallest absolute Gasteiger partial charge is 0.326 e. The van der Waals surface area contributed by atoms with Gasteiger partial charge >= 0.3 is 5.97 Å². The van der Waals surface area contributed by atoms with Crippen LogP contribution < -0.4 is 5.32 Å². The first-order valence-corrected chi connectivity index (χ1v) is 6.22. The Hall–Kier alpha value is -1.11. The molecule has 1 amide bonds. The van der Waals surface area contributed by atoms with Gasteiger partial charge in [-0.1, -0.05) is 11.6 Å². The molecular formula is C11H11BrClNO4. The molecule has 5 nitrogen and oxygen atoms in total. The van der Waals surface area contributed by atoms with Gasteiger partial charge in [-0.25, -0.2) is 4.79 Å². The van der Waals surface area contributed by atoms with Crippen molar-refractivity contribution in [2.24, 2.45) is 0 Å². The predicted molar refractivity (Wildman–Crippen MR) is 69.7 cm³/mol. The van der Waals surface area contributed by atoms with Gasteiger partial charge in [0, 0.05) is 22.5 Å². The first-order chi connectivity index (χ1) is 8.45. The molecule has 0 fully saturated rings. The second-order valence-corrected chi connectivity index (χ2v) is 4.79. The minimum absolute atomic E-state index is 0.0563. The zero-order valence-corrected chi connectivity index (χ0v) is 11.5. The lowest BCUT2D eigenvalue weighted by atomic mass is 10.1. The summed E-state index contributed by atoms with van der Waals surface area (Å²) in [6.07, 6.45) is -0.0563. The van der Waals surface area contributed by atoms with Crippen LogP contribution in [0.4, 0.5) is 0 Å². The minimum Gasteiger partial charge on any atom is -0.480 e. The highest BCUT2D eigenvalue weighted by Gasteiger charge is 2.21. The van der Waals surface area contributed by atoms with Crippen LogP contribution in [-0.2, 0) is 4.79 Å². The topological polar surface area (TPSA) is 86.6 Å². The van der Waals surface area contributed by atoms with Crippen LogP contribution in [0.5, 0.6) is 0 Å². The van der Waals surface area contributed by atoms with Crippen LogP contribution in [0.3, 0.4) is 0 Å². The van der Waals surface area contributed by atoms with Crippen LogP contribution in [0, 0.1) is 0 Å². The van der Waals surface area contributed by atoms with Crippen LogP contribution in [0.1, 0.15) is 16.8 Å². The molecular weight excluding hydrogens is 325 g/mol. The van der Waals surface area contributed by atoms with Crippen LogP contribution in [-0.4, -0.2) is 34.7 Å². The number of carboxylic acids is 1. The average Bonchev–Trinajstić information content (AvgIpc) is 2.31. The number of aliphatic hydroxyl groups excluding tert-OH is 1. The Bertz CT molecular complexity index is 466. The SMILES string of the molecule is O=C(N[C@H](CCO)C(=O)O)c1cc(Cl)ccc1Br. The number of carbonyl (C=O) groups is 2. The average molecular weight is 337 g/mol. The van der Waals surface area contributed by atoms with E-state index < -0.39 is 17.9 Å². The van der Waals surface area contributed by atoms with Gasteiger partial charge in [-0.3, -0.25) is 4.79 Å². The molecule has 0 heterocycles. The first kappa shape index (κ1) is 14.9. The summed E-state index contributed by atoms with van der Waals surface area (Å²) < 4.78 is 0.512. The Balaban J connectivity index is 2.86. The Labute approximate surface area is 117 Å². The number of amides is 1. The van der Waals surface area contributed by atoms with Gasteiger partial charge in [-0.15, -0.1) is 0 Å². The first-order valence-electron chi connectivity index (χ1n) is 5.05.